The molecule has 174 valence electrons. The molecule has 2 aliphatic rings. The van der Waals surface area contributed by atoms with Crippen LogP contribution >= 0.6 is 0 Å². The van der Waals surface area contributed by atoms with Crippen molar-refractivity contribution in [1.29, 1.82) is 5.26 Å². The van der Waals surface area contributed by atoms with Gasteiger partial charge < -0.3 is 15.2 Å². The molecule has 0 amide bonds. The van der Waals surface area contributed by atoms with Crippen LogP contribution in [0.2, 0.25) is 0 Å². The Bertz CT molecular complexity index is 1280. The standard InChI is InChI=1S/C26H25N3O5/c1-15-4-6-16(7-5-15)14-33-21-9-8-17(10-19(21)29(31)32)23-18(13-27)25(28)34-22-12-26(2,3)11-20(30)24(22)23/h4-10,23H,11-12,14,28H2,1-3H3. The number of carbonyl (C=O) groups excluding carboxylic acids is 1. The molecular weight excluding hydrogens is 434 g/mol. The smallest absolute Gasteiger partial charge is 0.311 e. The Morgan fingerprint density at radius 3 is 2.59 bits per heavy atom. The van der Waals surface area contributed by atoms with Crippen LogP contribution < -0.4 is 10.5 Å². The summed E-state index contributed by atoms with van der Waals surface area (Å²) in [6.45, 7) is 6.05. The molecule has 0 bridgehead atoms. The molecule has 0 saturated heterocycles. The summed E-state index contributed by atoms with van der Waals surface area (Å²) in [7, 11) is 0. The molecule has 4 rings (SSSR count). The third-order valence-electron chi connectivity index (χ3n) is 6.10. The fourth-order valence-electron chi connectivity index (χ4n) is 4.44. The lowest BCUT2D eigenvalue weighted by Gasteiger charge is -2.37. The van der Waals surface area contributed by atoms with E-state index in [0.717, 1.165) is 11.1 Å². The van der Waals surface area contributed by atoms with Crippen LogP contribution in [0.4, 0.5) is 5.69 Å². The van der Waals surface area contributed by atoms with Crippen LogP contribution in [0.1, 0.15) is 49.3 Å². The molecule has 0 radical (unpaired) electrons. The van der Waals surface area contributed by atoms with Crippen molar-refractivity contribution < 1.29 is 19.2 Å². The Balaban J connectivity index is 1.74. The largest absolute Gasteiger partial charge is 0.482 e. The van der Waals surface area contributed by atoms with Crippen molar-refractivity contribution in [1.82, 2.24) is 0 Å². The third kappa shape index (κ3) is 4.37. The Morgan fingerprint density at radius 1 is 1.24 bits per heavy atom. The van der Waals surface area contributed by atoms with E-state index in [4.69, 9.17) is 15.2 Å². The number of rotatable bonds is 5. The molecule has 0 fully saturated rings. The number of ether oxygens (including phenoxy) is 2. The summed E-state index contributed by atoms with van der Waals surface area (Å²) in [5.41, 5.74) is 8.27. The highest BCUT2D eigenvalue weighted by Crippen LogP contribution is 2.48. The molecule has 2 N–H and O–H groups in total. The van der Waals surface area contributed by atoms with E-state index in [1.165, 1.54) is 12.1 Å². The molecule has 1 heterocycles. The lowest BCUT2D eigenvalue weighted by Crippen LogP contribution is -2.33. The van der Waals surface area contributed by atoms with Crippen LogP contribution in [0.15, 0.2) is 65.3 Å². The lowest BCUT2D eigenvalue weighted by molar-refractivity contribution is -0.386. The molecule has 1 aliphatic heterocycles. The highest BCUT2D eigenvalue weighted by molar-refractivity contribution is 6.00. The molecule has 34 heavy (non-hydrogen) atoms. The van der Waals surface area contributed by atoms with Crippen molar-refractivity contribution in [2.75, 3.05) is 0 Å². The number of nitriles is 1. The summed E-state index contributed by atoms with van der Waals surface area (Å²) in [5, 5.41) is 21.7. The zero-order valence-electron chi connectivity index (χ0n) is 19.3. The van der Waals surface area contributed by atoms with Crippen LogP contribution in [0.3, 0.4) is 0 Å². The molecule has 0 spiro atoms. The van der Waals surface area contributed by atoms with Crippen LogP contribution in [-0.2, 0) is 16.1 Å². The molecule has 1 unspecified atom stereocenters. The Kier molecular flexibility index (Phi) is 5.88. The van der Waals surface area contributed by atoms with E-state index in [1.54, 1.807) is 6.07 Å². The van der Waals surface area contributed by atoms with E-state index in [1.807, 2.05) is 51.1 Å². The molecule has 8 nitrogen and oxygen atoms in total. The topological polar surface area (TPSA) is 128 Å². The first-order valence-electron chi connectivity index (χ1n) is 10.9. The first kappa shape index (κ1) is 23.1. The second kappa shape index (κ2) is 8.67. The maximum Gasteiger partial charge on any atom is 0.311 e. The number of nitro benzene ring substituents is 1. The van der Waals surface area contributed by atoms with Crippen LogP contribution in [0, 0.1) is 33.8 Å². The SMILES string of the molecule is Cc1ccc(COc2ccc(C3C(C#N)=C(N)OC4=C3C(=O)CC(C)(C)C4)cc2[N+](=O)[O-])cc1. The predicted octanol–water partition coefficient (Wildman–Crippen LogP) is 4.93. The first-order chi connectivity index (χ1) is 16.1. The summed E-state index contributed by atoms with van der Waals surface area (Å²) in [5.74, 6) is -0.549. The normalized spacial score (nSPS) is 19.2. The van der Waals surface area contributed by atoms with Crippen LogP contribution in [0.5, 0.6) is 5.75 Å². The molecule has 2 aromatic rings. The number of nitrogens with two attached hydrogens (primary N) is 1. The highest BCUT2D eigenvalue weighted by atomic mass is 16.6. The van der Waals surface area contributed by atoms with Gasteiger partial charge >= 0.3 is 5.69 Å². The number of ketones is 1. The average molecular weight is 460 g/mol. The van der Waals surface area contributed by atoms with Gasteiger partial charge in [-0.2, -0.15) is 5.26 Å². The van der Waals surface area contributed by atoms with Gasteiger partial charge in [-0.3, -0.25) is 14.9 Å². The number of hydrogen-bond acceptors (Lipinski definition) is 7. The zero-order chi connectivity index (χ0) is 24.6. The second-order valence-corrected chi connectivity index (χ2v) is 9.46. The summed E-state index contributed by atoms with van der Waals surface area (Å²) < 4.78 is 11.4. The van der Waals surface area contributed by atoms with E-state index < -0.39 is 10.8 Å². The summed E-state index contributed by atoms with van der Waals surface area (Å²) in [4.78, 5) is 24.4. The van der Waals surface area contributed by atoms with Crippen molar-refractivity contribution in [3.05, 3.63) is 92.1 Å². The Hall–Kier alpha value is -4.12. The first-order valence-corrected chi connectivity index (χ1v) is 10.9. The van der Waals surface area contributed by atoms with Gasteiger partial charge in [-0.05, 0) is 29.5 Å². The molecule has 2 aromatic carbocycles. The highest BCUT2D eigenvalue weighted by Gasteiger charge is 2.43. The second-order valence-electron chi connectivity index (χ2n) is 9.46. The van der Waals surface area contributed by atoms with Crippen LogP contribution in [-0.4, -0.2) is 10.7 Å². The van der Waals surface area contributed by atoms with Gasteiger partial charge in [-0.1, -0.05) is 49.7 Å². The van der Waals surface area contributed by atoms with E-state index in [2.05, 4.69) is 0 Å². The monoisotopic (exact) mass is 459 g/mol. The minimum atomic E-state index is -0.831. The Labute approximate surface area is 197 Å². The van der Waals surface area contributed by atoms with Gasteiger partial charge in [0.1, 0.15) is 24.0 Å². The van der Waals surface area contributed by atoms with Gasteiger partial charge in [0.25, 0.3) is 0 Å². The fraction of sp³-hybridized carbons (Fsp3) is 0.308. The van der Waals surface area contributed by atoms with Crippen molar-refractivity contribution in [2.45, 2.75) is 46.1 Å². The summed E-state index contributed by atoms with van der Waals surface area (Å²) in [6.07, 6.45) is 0.758. The average Bonchev–Trinajstić information content (AvgIpc) is 2.76. The van der Waals surface area contributed by atoms with Gasteiger partial charge in [-0.25, -0.2) is 0 Å². The van der Waals surface area contributed by atoms with Gasteiger partial charge in [-0.15, -0.1) is 0 Å². The van der Waals surface area contributed by atoms with E-state index in [0.29, 0.717) is 23.3 Å². The van der Waals surface area contributed by atoms with Gasteiger partial charge in [0, 0.05) is 24.5 Å². The van der Waals surface area contributed by atoms with Crippen LogP contribution in [0.25, 0.3) is 0 Å². The molecule has 0 saturated carbocycles. The maximum atomic E-state index is 13.1. The van der Waals surface area contributed by atoms with Crippen molar-refractivity contribution >= 4 is 11.5 Å². The Morgan fingerprint density at radius 2 is 1.94 bits per heavy atom. The number of aryl methyl sites for hydroxylation is 1. The van der Waals surface area contributed by atoms with Gasteiger partial charge in [0.15, 0.2) is 11.5 Å². The number of hydrogen-bond donors (Lipinski definition) is 1. The number of nitrogens with zero attached hydrogens (tertiary/aromatic N) is 2. The number of nitro groups is 1. The number of allylic oxidation sites excluding steroid dienone is 3. The summed E-state index contributed by atoms with van der Waals surface area (Å²) in [6, 6.07) is 14.2. The molecule has 0 aromatic heterocycles. The van der Waals surface area contributed by atoms with Gasteiger partial charge in [0.05, 0.1) is 10.8 Å². The summed E-state index contributed by atoms with van der Waals surface area (Å²) >= 11 is 0. The predicted molar refractivity (Wildman–Crippen MR) is 124 cm³/mol. The van der Waals surface area contributed by atoms with Gasteiger partial charge in [0.2, 0.25) is 5.88 Å². The maximum absolute atomic E-state index is 13.1. The fourth-order valence-corrected chi connectivity index (χ4v) is 4.44. The molecule has 1 atom stereocenters. The van der Waals surface area contributed by atoms with E-state index in [9.17, 15) is 20.2 Å². The zero-order valence-corrected chi connectivity index (χ0v) is 19.3. The molecular formula is C26H25N3O5. The molecule has 8 heteroatoms. The third-order valence-corrected chi connectivity index (χ3v) is 6.10. The van der Waals surface area contributed by atoms with E-state index >= 15 is 0 Å². The number of carbonyl (C=O) groups is 1. The van der Waals surface area contributed by atoms with Crippen molar-refractivity contribution in [3.8, 4) is 11.8 Å². The number of Topliss-reactive ketones (excluding diaryl/α,β-unsaturated/α-hetero) is 1. The quantitative estimate of drug-likeness (QED) is 0.495. The minimum Gasteiger partial charge on any atom is -0.482 e. The minimum absolute atomic E-state index is 0.0643. The molecule has 1 aliphatic carbocycles. The van der Waals surface area contributed by atoms with Crippen molar-refractivity contribution in [3.63, 3.8) is 0 Å². The number of benzene rings is 2. The van der Waals surface area contributed by atoms with Crippen molar-refractivity contribution in [2.24, 2.45) is 11.1 Å². The lowest BCUT2D eigenvalue weighted by atomic mass is 9.70. The van der Waals surface area contributed by atoms with E-state index in [-0.39, 0.29) is 47.1 Å².